The van der Waals surface area contributed by atoms with Crippen LogP contribution in [0.3, 0.4) is 0 Å². The number of hydrogen-bond acceptors (Lipinski definition) is 4. The van der Waals surface area contributed by atoms with E-state index in [1.54, 1.807) is 46.0 Å². The number of carbonyl (C=O) groups excluding carboxylic acids is 2. The molecule has 1 atom stereocenters. The minimum atomic E-state index is -1.17. The van der Waals surface area contributed by atoms with E-state index in [9.17, 15) is 14.0 Å². The smallest absolute Gasteiger partial charge is 0.273 e. The molecule has 0 radical (unpaired) electrons. The zero-order valence-corrected chi connectivity index (χ0v) is 21.0. The lowest BCUT2D eigenvalue weighted by Crippen LogP contribution is -2.63. The van der Waals surface area contributed by atoms with Gasteiger partial charge in [-0.25, -0.2) is 4.39 Å². The van der Waals surface area contributed by atoms with Crippen LogP contribution >= 0.6 is 11.3 Å². The van der Waals surface area contributed by atoms with Crippen molar-refractivity contribution in [3.05, 3.63) is 100 Å². The molecule has 0 aliphatic carbocycles. The van der Waals surface area contributed by atoms with Gasteiger partial charge in [-0.1, -0.05) is 49.4 Å². The maximum absolute atomic E-state index is 13.8. The Kier molecular flexibility index (Phi) is 6.45. The van der Waals surface area contributed by atoms with Gasteiger partial charge in [0.2, 0.25) is 5.91 Å². The van der Waals surface area contributed by atoms with Crippen LogP contribution in [0.2, 0.25) is 0 Å². The van der Waals surface area contributed by atoms with Crippen molar-refractivity contribution < 1.29 is 14.0 Å². The van der Waals surface area contributed by atoms with Gasteiger partial charge in [-0.15, -0.1) is 11.3 Å². The summed E-state index contributed by atoms with van der Waals surface area (Å²) in [4.78, 5) is 30.0. The van der Waals surface area contributed by atoms with Crippen molar-refractivity contribution >= 4 is 23.2 Å². The van der Waals surface area contributed by atoms with E-state index in [0.29, 0.717) is 12.2 Å². The number of amides is 2. The number of aryl methyl sites for hydroxylation is 1. The Bertz CT molecular complexity index is 1380. The molecule has 4 aromatic rings. The summed E-state index contributed by atoms with van der Waals surface area (Å²) in [5, 5.41) is 9.59. The number of aromatic nitrogens is 2. The maximum atomic E-state index is 13.8. The predicted molar refractivity (Wildman–Crippen MR) is 138 cm³/mol. The van der Waals surface area contributed by atoms with Crippen molar-refractivity contribution in [2.75, 3.05) is 0 Å². The Morgan fingerprint density at radius 2 is 1.78 bits per heavy atom. The molecule has 2 aromatic carbocycles. The zero-order chi connectivity index (χ0) is 25.3. The van der Waals surface area contributed by atoms with Gasteiger partial charge in [0.15, 0.2) is 0 Å². The number of thiophene rings is 1. The molecular formula is C28H27FN4O2S. The van der Waals surface area contributed by atoms with Gasteiger partial charge in [0.05, 0.1) is 11.4 Å². The largest absolute Gasteiger partial charge is 0.350 e. The second-order valence-corrected chi connectivity index (χ2v) is 10.1. The SMILES string of the molecule is CCc1ccc(CN2C(=O)c3cc(-c4cccs4)nn3C[C@]2(C)C(=O)NCc2ccc(F)cc2)cc1. The van der Waals surface area contributed by atoms with Crippen LogP contribution in [-0.4, -0.2) is 32.0 Å². The van der Waals surface area contributed by atoms with Crippen LogP contribution in [0.15, 0.2) is 72.1 Å². The molecule has 5 rings (SSSR count). The third kappa shape index (κ3) is 4.56. The molecule has 0 unspecified atom stereocenters. The quantitative estimate of drug-likeness (QED) is 0.385. The van der Waals surface area contributed by atoms with Gasteiger partial charge in [0.25, 0.3) is 5.91 Å². The Labute approximate surface area is 213 Å². The Hall–Kier alpha value is -3.78. The van der Waals surface area contributed by atoms with Crippen LogP contribution in [0.25, 0.3) is 10.6 Å². The standard InChI is InChI=1S/C28H27FN4O2S/c1-3-19-6-8-21(9-7-19)17-32-26(34)24-15-23(25-5-4-14-36-25)31-33(24)18-28(32,2)27(35)30-16-20-10-12-22(29)13-11-20/h4-15H,3,16-18H2,1-2H3,(H,30,35)/t28-/m1/s1. The van der Waals surface area contributed by atoms with Crippen molar-refractivity contribution in [2.24, 2.45) is 0 Å². The van der Waals surface area contributed by atoms with Crippen LogP contribution in [0.4, 0.5) is 4.39 Å². The van der Waals surface area contributed by atoms with Gasteiger partial charge >= 0.3 is 0 Å². The Morgan fingerprint density at radius 1 is 1.08 bits per heavy atom. The number of benzene rings is 2. The van der Waals surface area contributed by atoms with Crippen molar-refractivity contribution in [3.8, 4) is 10.6 Å². The van der Waals surface area contributed by atoms with Crippen LogP contribution in [0.1, 0.15) is 41.0 Å². The lowest BCUT2D eigenvalue weighted by Gasteiger charge is -2.43. The van der Waals surface area contributed by atoms with E-state index in [4.69, 9.17) is 0 Å². The van der Waals surface area contributed by atoms with Gasteiger partial charge < -0.3 is 10.2 Å². The van der Waals surface area contributed by atoms with Crippen LogP contribution < -0.4 is 5.32 Å². The third-order valence-electron chi connectivity index (χ3n) is 6.70. The third-order valence-corrected chi connectivity index (χ3v) is 7.59. The number of rotatable bonds is 7. The maximum Gasteiger partial charge on any atom is 0.273 e. The molecule has 0 fully saturated rings. The number of carbonyl (C=O) groups is 2. The molecule has 0 spiro atoms. The number of hydrogen-bond donors (Lipinski definition) is 1. The average molecular weight is 503 g/mol. The highest BCUT2D eigenvalue weighted by atomic mass is 32.1. The number of nitrogens with one attached hydrogen (secondary N) is 1. The second kappa shape index (κ2) is 9.70. The van der Waals surface area contributed by atoms with E-state index in [-0.39, 0.29) is 30.7 Å². The molecular weight excluding hydrogens is 475 g/mol. The fourth-order valence-electron chi connectivity index (χ4n) is 4.47. The van der Waals surface area contributed by atoms with Crippen molar-refractivity contribution in [1.82, 2.24) is 20.0 Å². The Balaban J connectivity index is 1.47. The minimum Gasteiger partial charge on any atom is -0.350 e. The monoisotopic (exact) mass is 502 g/mol. The van der Waals surface area contributed by atoms with Gasteiger partial charge in [-0.2, -0.15) is 5.10 Å². The molecule has 3 heterocycles. The van der Waals surface area contributed by atoms with Crippen LogP contribution in [0.5, 0.6) is 0 Å². The molecule has 2 amide bonds. The highest BCUT2D eigenvalue weighted by molar-refractivity contribution is 7.13. The average Bonchev–Trinajstić information content (AvgIpc) is 3.57. The lowest BCUT2D eigenvalue weighted by molar-refractivity contribution is -0.133. The minimum absolute atomic E-state index is 0.224. The van der Waals surface area contributed by atoms with E-state index in [1.807, 2.05) is 29.6 Å². The Morgan fingerprint density at radius 3 is 2.44 bits per heavy atom. The normalized spacial score (nSPS) is 17.2. The molecule has 184 valence electrons. The van der Waals surface area contributed by atoms with Crippen molar-refractivity contribution in [2.45, 2.75) is 45.4 Å². The van der Waals surface area contributed by atoms with Gasteiger partial charge in [-0.05, 0) is 59.7 Å². The molecule has 2 aromatic heterocycles. The number of halogens is 1. The lowest BCUT2D eigenvalue weighted by atomic mass is 9.93. The highest BCUT2D eigenvalue weighted by Gasteiger charge is 2.48. The van der Waals surface area contributed by atoms with E-state index < -0.39 is 5.54 Å². The first-order valence-corrected chi connectivity index (χ1v) is 12.8. The molecule has 8 heteroatoms. The van der Waals surface area contributed by atoms with Gasteiger partial charge in [0.1, 0.15) is 22.7 Å². The molecule has 36 heavy (non-hydrogen) atoms. The molecule has 6 nitrogen and oxygen atoms in total. The number of nitrogens with zero attached hydrogens (tertiary/aromatic N) is 3. The highest BCUT2D eigenvalue weighted by Crippen LogP contribution is 2.32. The van der Waals surface area contributed by atoms with Crippen molar-refractivity contribution in [1.29, 1.82) is 0 Å². The molecule has 1 N–H and O–H groups in total. The molecule has 1 aliphatic heterocycles. The van der Waals surface area contributed by atoms with E-state index >= 15 is 0 Å². The van der Waals surface area contributed by atoms with E-state index in [1.165, 1.54) is 17.7 Å². The van der Waals surface area contributed by atoms with Crippen LogP contribution in [0, 0.1) is 5.82 Å². The zero-order valence-electron chi connectivity index (χ0n) is 20.2. The predicted octanol–water partition coefficient (Wildman–Crippen LogP) is 5.04. The van der Waals surface area contributed by atoms with Crippen molar-refractivity contribution in [3.63, 3.8) is 0 Å². The topological polar surface area (TPSA) is 67.2 Å². The second-order valence-electron chi connectivity index (χ2n) is 9.19. The summed E-state index contributed by atoms with van der Waals surface area (Å²) in [7, 11) is 0. The summed E-state index contributed by atoms with van der Waals surface area (Å²) in [6.45, 7) is 4.62. The van der Waals surface area contributed by atoms with Gasteiger partial charge in [-0.3, -0.25) is 14.3 Å². The fraction of sp³-hybridized carbons (Fsp3) is 0.250. The van der Waals surface area contributed by atoms with E-state index in [2.05, 4.69) is 29.5 Å². The summed E-state index contributed by atoms with van der Waals surface area (Å²) in [5.74, 6) is -0.859. The first-order valence-electron chi connectivity index (χ1n) is 11.9. The van der Waals surface area contributed by atoms with Gasteiger partial charge in [0, 0.05) is 13.1 Å². The molecule has 1 aliphatic rings. The molecule has 0 bridgehead atoms. The number of fused-ring (bicyclic) bond motifs is 1. The molecule has 0 saturated carbocycles. The summed E-state index contributed by atoms with van der Waals surface area (Å²) in [6, 6.07) is 19.8. The fourth-order valence-corrected chi connectivity index (χ4v) is 5.15. The van der Waals surface area contributed by atoms with E-state index in [0.717, 1.165) is 28.1 Å². The first-order chi connectivity index (χ1) is 17.4. The summed E-state index contributed by atoms with van der Waals surface area (Å²) in [5.41, 5.74) is 2.94. The summed E-state index contributed by atoms with van der Waals surface area (Å²) in [6.07, 6.45) is 0.928. The summed E-state index contributed by atoms with van der Waals surface area (Å²) >= 11 is 1.55. The molecule has 0 saturated heterocycles. The van der Waals surface area contributed by atoms with Crippen LogP contribution in [-0.2, 0) is 30.8 Å². The summed E-state index contributed by atoms with van der Waals surface area (Å²) < 4.78 is 14.9. The first kappa shape index (κ1) is 23.9.